The van der Waals surface area contributed by atoms with Crippen molar-refractivity contribution in [3.63, 3.8) is 0 Å². The fourth-order valence-electron chi connectivity index (χ4n) is 2.65. The van der Waals surface area contributed by atoms with E-state index in [4.69, 9.17) is 0 Å². The van der Waals surface area contributed by atoms with Gasteiger partial charge in [-0.25, -0.2) is 0 Å². The van der Waals surface area contributed by atoms with Crippen molar-refractivity contribution < 1.29 is 0 Å². The Labute approximate surface area is 104 Å². The van der Waals surface area contributed by atoms with Gasteiger partial charge in [0.15, 0.2) is 5.43 Å². The average molecular weight is 245 g/mol. The molecule has 0 saturated carbocycles. The van der Waals surface area contributed by atoms with Crippen LogP contribution in [-0.4, -0.2) is 11.2 Å². The number of hydrogen-bond donors (Lipinski definition) is 1. The van der Waals surface area contributed by atoms with Crippen molar-refractivity contribution in [1.82, 2.24) is 4.98 Å². The zero-order chi connectivity index (χ0) is 11.8. The van der Waals surface area contributed by atoms with Gasteiger partial charge in [0.25, 0.3) is 0 Å². The molecule has 1 aromatic carbocycles. The predicted octanol–water partition coefficient (Wildman–Crippen LogP) is 3.13. The van der Waals surface area contributed by atoms with Gasteiger partial charge in [-0.2, -0.15) is 0 Å². The molecule has 0 amide bonds. The molecule has 0 radical (unpaired) electrons. The van der Waals surface area contributed by atoms with E-state index < -0.39 is 0 Å². The van der Waals surface area contributed by atoms with E-state index in [1.807, 2.05) is 24.5 Å². The minimum Gasteiger partial charge on any atom is -0.358 e. The van der Waals surface area contributed by atoms with Crippen LogP contribution in [0, 0.1) is 0 Å². The third-order valence-corrected chi connectivity index (χ3v) is 4.28. The van der Waals surface area contributed by atoms with Gasteiger partial charge in [-0.05, 0) is 44.1 Å². The summed E-state index contributed by atoms with van der Waals surface area (Å²) >= 11 is 1.64. The lowest BCUT2D eigenvalue weighted by molar-refractivity contribution is 0.667. The van der Waals surface area contributed by atoms with E-state index in [2.05, 4.69) is 4.98 Å². The maximum absolute atomic E-state index is 12.5. The molecule has 3 rings (SSSR count). The Balaban J connectivity index is 2.41. The van der Waals surface area contributed by atoms with Crippen molar-refractivity contribution in [2.45, 2.75) is 30.6 Å². The summed E-state index contributed by atoms with van der Waals surface area (Å²) in [4.78, 5) is 17.0. The quantitative estimate of drug-likeness (QED) is 0.783. The summed E-state index contributed by atoms with van der Waals surface area (Å²) in [6.45, 7) is 0. The highest BCUT2D eigenvalue weighted by molar-refractivity contribution is 7.98. The summed E-state index contributed by atoms with van der Waals surface area (Å²) in [5.74, 6) is 0. The topological polar surface area (TPSA) is 32.9 Å². The highest BCUT2D eigenvalue weighted by Gasteiger charge is 2.16. The second-order valence-electron chi connectivity index (χ2n) is 4.50. The Kier molecular flexibility index (Phi) is 2.71. The smallest absolute Gasteiger partial charge is 0.193 e. The van der Waals surface area contributed by atoms with Crippen LogP contribution < -0.4 is 5.43 Å². The van der Waals surface area contributed by atoms with Gasteiger partial charge in [0.1, 0.15) is 0 Å². The molecule has 0 spiro atoms. The third-order valence-electron chi connectivity index (χ3n) is 3.50. The number of H-pyrrole nitrogens is 1. The van der Waals surface area contributed by atoms with Crippen LogP contribution in [0.25, 0.3) is 10.9 Å². The van der Waals surface area contributed by atoms with Crippen molar-refractivity contribution in [3.05, 3.63) is 39.7 Å². The van der Waals surface area contributed by atoms with Gasteiger partial charge in [-0.15, -0.1) is 11.8 Å². The molecule has 0 saturated heterocycles. The lowest BCUT2D eigenvalue weighted by Crippen LogP contribution is -2.18. The molecule has 2 nitrogen and oxygen atoms in total. The first kappa shape index (κ1) is 10.9. The maximum atomic E-state index is 12.5. The van der Waals surface area contributed by atoms with Gasteiger partial charge in [0.2, 0.25) is 0 Å². The monoisotopic (exact) mass is 245 g/mol. The number of rotatable bonds is 1. The molecule has 0 aliphatic heterocycles. The van der Waals surface area contributed by atoms with Crippen molar-refractivity contribution in [3.8, 4) is 0 Å². The van der Waals surface area contributed by atoms with Crippen LogP contribution in [0.15, 0.2) is 27.9 Å². The van der Waals surface area contributed by atoms with E-state index >= 15 is 0 Å². The van der Waals surface area contributed by atoms with Crippen molar-refractivity contribution in [1.29, 1.82) is 0 Å². The van der Waals surface area contributed by atoms with Crippen LogP contribution in [-0.2, 0) is 12.8 Å². The van der Waals surface area contributed by atoms with Crippen LogP contribution in [0.3, 0.4) is 0 Å². The van der Waals surface area contributed by atoms with Crippen LogP contribution in [0.5, 0.6) is 0 Å². The van der Waals surface area contributed by atoms with Crippen molar-refractivity contribution in [2.24, 2.45) is 0 Å². The van der Waals surface area contributed by atoms with E-state index in [-0.39, 0.29) is 5.43 Å². The Morgan fingerprint density at radius 3 is 2.88 bits per heavy atom. The highest BCUT2D eigenvalue weighted by Crippen LogP contribution is 2.26. The number of thioether (sulfide) groups is 1. The van der Waals surface area contributed by atoms with E-state index in [0.717, 1.165) is 46.3 Å². The number of benzene rings is 1. The molecule has 0 atom stereocenters. The highest BCUT2D eigenvalue weighted by atomic mass is 32.2. The average Bonchev–Trinajstić information content (AvgIpc) is 2.38. The fraction of sp³-hybridized carbons (Fsp3) is 0.357. The molecule has 0 unspecified atom stereocenters. The summed E-state index contributed by atoms with van der Waals surface area (Å²) in [5, 5.41) is 0.876. The molecule has 0 bridgehead atoms. The van der Waals surface area contributed by atoms with Gasteiger partial charge in [-0.1, -0.05) is 6.07 Å². The van der Waals surface area contributed by atoms with Crippen molar-refractivity contribution >= 4 is 22.7 Å². The second-order valence-corrected chi connectivity index (χ2v) is 5.35. The summed E-state index contributed by atoms with van der Waals surface area (Å²) in [5.41, 5.74) is 3.41. The summed E-state index contributed by atoms with van der Waals surface area (Å²) in [7, 11) is 0. The van der Waals surface area contributed by atoms with Gasteiger partial charge in [0, 0.05) is 16.2 Å². The Morgan fingerprint density at radius 2 is 2.06 bits per heavy atom. The van der Waals surface area contributed by atoms with E-state index in [1.54, 1.807) is 11.8 Å². The molecule has 17 heavy (non-hydrogen) atoms. The molecule has 1 N–H and O–H groups in total. The molecule has 1 aromatic heterocycles. The number of aromatic amines is 1. The fourth-order valence-corrected chi connectivity index (χ4v) is 3.27. The number of hydrogen-bond acceptors (Lipinski definition) is 2. The molecule has 88 valence electrons. The van der Waals surface area contributed by atoms with Gasteiger partial charge in [-0.3, -0.25) is 4.79 Å². The van der Waals surface area contributed by atoms with Crippen LogP contribution in [0.2, 0.25) is 0 Å². The maximum Gasteiger partial charge on any atom is 0.193 e. The minimum atomic E-state index is 0.249. The predicted molar refractivity (Wildman–Crippen MR) is 73.0 cm³/mol. The number of pyridine rings is 1. The van der Waals surface area contributed by atoms with Crippen LogP contribution >= 0.6 is 11.8 Å². The third kappa shape index (κ3) is 1.69. The number of aromatic nitrogens is 1. The number of fused-ring (bicyclic) bond motifs is 2. The first-order valence-corrected chi connectivity index (χ1v) is 7.24. The number of aryl methyl sites for hydroxylation is 1. The lowest BCUT2D eigenvalue weighted by Gasteiger charge is -2.16. The van der Waals surface area contributed by atoms with Gasteiger partial charge in [0.05, 0.1) is 10.9 Å². The van der Waals surface area contributed by atoms with Gasteiger partial charge >= 0.3 is 0 Å². The normalized spacial score (nSPS) is 14.9. The Hall–Kier alpha value is -1.22. The second kappa shape index (κ2) is 4.22. The molecule has 2 aromatic rings. The summed E-state index contributed by atoms with van der Waals surface area (Å²) in [6.07, 6.45) is 6.31. The molecular weight excluding hydrogens is 230 g/mol. The number of nitrogens with one attached hydrogen (secondary N) is 1. The van der Waals surface area contributed by atoms with Crippen LogP contribution in [0.4, 0.5) is 0 Å². The van der Waals surface area contributed by atoms with Crippen molar-refractivity contribution in [2.75, 3.05) is 6.26 Å². The summed E-state index contributed by atoms with van der Waals surface area (Å²) < 4.78 is 0. The molecular formula is C14H15NOS. The SMILES string of the molecule is CSc1cccc2[nH]c3c(c(=O)c12)CCCC3. The first-order valence-electron chi connectivity index (χ1n) is 6.02. The molecule has 1 aliphatic carbocycles. The minimum absolute atomic E-state index is 0.249. The van der Waals surface area contributed by atoms with E-state index in [0.29, 0.717) is 0 Å². The largest absolute Gasteiger partial charge is 0.358 e. The van der Waals surface area contributed by atoms with Crippen LogP contribution in [0.1, 0.15) is 24.1 Å². The van der Waals surface area contributed by atoms with Gasteiger partial charge < -0.3 is 4.98 Å². The first-order chi connectivity index (χ1) is 8.31. The molecule has 3 heteroatoms. The molecule has 1 aliphatic rings. The zero-order valence-electron chi connectivity index (χ0n) is 9.88. The molecule has 0 fully saturated rings. The van der Waals surface area contributed by atoms with E-state index in [9.17, 15) is 4.79 Å². The lowest BCUT2D eigenvalue weighted by atomic mass is 9.94. The Bertz CT molecular complexity index is 630. The zero-order valence-corrected chi connectivity index (χ0v) is 10.7. The van der Waals surface area contributed by atoms with E-state index in [1.165, 1.54) is 6.42 Å². The molecule has 1 heterocycles. The summed E-state index contributed by atoms with van der Waals surface area (Å²) in [6, 6.07) is 6.04. The Morgan fingerprint density at radius 1 is 1.24 bits per heavy atom. The standard InChI is InChI=1S/C14H15NOS/c1-17-12-8-4-7-11-13(12)14(16)9-5-2-3-6-10(9)15-11/h4,7-8H,2-3,5-6H2,1H3,(H,15,16).